The van der Waals surface area contributed by atoms with Gasteiger partial charge in [-0.05, 0) is 0 Å². The summed E-state index contributed by atoms with van der Waals surface area (Å²) in [5, 5.41) is 20.4. The molecule has 20 heteroatoms. The second-order valence-corrected chi connectivity index (χ2v) is 8.84. The minimum absolute atomic E-state index is 0. The van der Waals surface area contributed by atoms with Crippen molar-refractivity contribution in [3.8, 4) is 0 Å². The number of nitrogens with zero attached hydrogens (tertiary/aromatic N) is 3. The molecule has 3 heterocycles. The van der Waals surface area contributed by atoms with Crippen LogP contribution in [-0.2, 0) is 29.7 Å². The van der Waals surface area contributed by atoms with Gasteiger partial charge in [0.05, 0.1) is 13.7 Å². The van der Waals surface area contributed by atoms with Gasteiger partial charge in [-0.3, -0.25) is 23.5 Å². The van der Waals surface area contributed by atoms with E-state index < -0.39 is 52.4 Å². The van der Waals surface area contributed by atoms with Crippen LogP contribution in [0.3, 0.4) is 0 Å². The quantitative estimate of drug-likeness (QED) is 0.140. The number of nitrogen functional groups attached to an aromatic ring is 1. The molecule has 1 fully saturated rings. The third kappa shape index (κ3) is 6.67. The first-order valence-corrected chi connectivity index (χ1v) is 10.7. The van der Waals surface area contributed by atoms with E-state index in [4.69, 9.17) is 15.4 Å². The molecule has 0 saturated carbocycles. The van der Waals surface area contributed by atoms with Gasteiger partial charge in [-0.15, -0.1) is 0 Å². The number of imidazole rings is 1. The van der Waals surface area contributed by atoms with Crippen molar-refractivity contribution in [2.45, 2.75) is 24.5 Å². The maximum atomic E-state index is 12.1. The summed E-state index contributed by atoms with van der Waals surface area (Å²) < 4.78 is 37.5. The third-order valence-corrected chi connectivity index (χ3v) is 6.09. The Kier molecular flexibility index (Phi) is 10.1. The Balaban J connectivity index is 0.00000240. The molecule has 1 aliphatic heterocycles. The number of aryl methyl sites for hydroxylation is 1. The molecular weight excluding hydrogens is 486 g/mol. The van der Waals surface area contributed by atoms with Crippen LogP contribution in [0.5, 0.6) is 0 Å². The second-order valence-electron chi connectivity index (χ2n) is 6.10. The monoisotopic (exact) mass is 502 g/mol. The number of H-pyrrole nitrogens is 1. The van der Waals surface area contributed by atoms with E-state index in [2.05, 4.69) is 18.8 Å². The number of hydrogen-bond donors (Lipinski definition) is 5. The zero-order valence-electron chi connectivity index (χ0n) is 16.5. The standard InChI is InChI=1S/C11H17N5O11P2.2Na/c1-15-3-16(8-5(15)9(19)14-11(12)13-8)10-7(18)6(17)4(26-10)2-25-29(23,24)27-28(20,21)22;;/h3-4,6-7,10,17-18H,2H2,1H3,(H5-,12,13,14,19,20,21,22,23,24);;/q;2*+1/p-1/t4-,6-,7-,10-;;/m1../s1. The molecule has 3 rings (SSSR count). The molecule has 1 saturated heterocycles. The van der Waals surface area contributed by atoms with Gasteiger partial charge < -0.3 is 39.9 Å². The Morgan fingerprint density at radius 1 is 1.35 bits per heavy atom. The van der Waals surface area contributed by atoms with E-state index in [1.54, 1.807) is 0 Å². The number of aromatic amines is 1. The molecular formula is C11H16N5Na2O11P2+. The van der Waals surface area contributed by atoms with Gasteiger partial charge in [0.2, 0.25) is 11.7 Å². The van der Waals surface area contributed by atoms with E-state index in [1.807, 2.05) is 0 Å². The Morgan fingerprint density at radius 3 is 2.55 bits per heavy atom. The van der Waals surface area contributed by atoms with Crippen LogP contribution < -0.4 is 84.8 Å². The van der Waals surface area contributed by atoms with E-state index in [9.17, 15) is 33.9 Å². The van der Waals surface area contributed by atoms with E-state index in [0.717, 1.165) is 0 Å². The van der Waals surface area contributed by atoms with Gasteiger partial charge in [0.15, 0.2) is 6.33 Å². The Morgan fingerprint density at radius 2 is 1.97 bits per heavy atom. The van der Waals surface area contributed by atoms with Crippen LogP contribution in [0, 0.1) is 0 Å². The number of aliphatic hydroxyl groups is 2. The smallest absolute Gasteiger partial charge is 0.756 e. The van der Waals surface area contributed by atoms with Gasteiger partial charge in [-0.25, -0.2) is 8.88 Å². The predicted octanol–water partition coefficient (Wildman–Crippen LogP) is -10.3. The topological polar surface area (TPSA) is 249 Å². The largest absolute Gasteiger partial charge is 1.00 e. The summed E-state index contributed by atoms with van der Waals surface area (Å²) in [6.45, 7) is -0.947. The summed E-state index contributed by atoms with van der Waals surface area (Å²) in [7, 11) is -9.61. The van der Waals surface area contributed by atoms with Crippen molar-refractivity contribution >= 4 is 32.8 Å². The minimum Gasteiger partial charge on any atom is -0.756 e. The molecule has 162 valence electrons. The van der Waals surface area contributed by atoms with Crippen molar-refractivity contribution in [3.05, 3.63) is 16.7 Å². The average molecular weight is 502 g/mol. The number of nitrogens with two attached hydrogens (primary N) is 1. The molecule has 0 radical (unpaired) electrons. The molecule has 0 spiro atoms. The Hall–Kier alpha value is 0.290. The number of fused-ring (bicyclic) bond motifs is 1. The number of ether oxygens (including phenoxy) is 1. The van der Waals surface area contributed by atoms with Crippen molar-refractivity contribution in [1.29, 1.82) is 0 Å². The number of rotatable bonds is 6. The molecule has 2 aromatic heterocycles. The minimum atomic E-state index is -5.63. The summed E-state index contributed by atoms with van der Waals surface area (Å²) in [6, 6.07) is 0. The van der Waals surface area contributed by atoms with Crippen molar-refractivity contribution in [2.75, 3.05) is 12.3 Å². The fourth-order valence-corrected chi connectivity index (χ4v) is 4.40. The number of aliphatic hydroxyl groups excluding tert-OH is 2. The summed E-state index contributed by atoms with van der Waals surface area (Å²) in [6.07, 6.45) is -4.73. The average Bonchev–Trinajstić information content (AvgIpc) is 3.01. The number of hydrogen-bond acceptors (Lipinski definition) is 12. The molecule has 0 bridgehead atoms. The summed E-state index contributed by atoms with van der Waals surface area (Å²) in [4.78, 5) is 48.6. The first-order valence-electron chi connectivity index (χ1n) is 7.77. The number of aromatic nitrogens is 4. The first kappa shape index (κ1) is 29.3. The van der Waals surface area contributed by atoms with Gasteiger partial charge in [0, 0.05) is 0 Å². The van der Waals surface area contributed by atoms with Crippen LogP contribution in [0.25, 0.3) is 11.2 Å². The third-order valence-electron chi connectivity index (χ3n) is 4.00. The fourth-order valence-electron chi connectivity index (χ4n) is 2.87. The molecule has 6 atom stereocenters. The van der Waals surface area contributed by atoms with Crippen molar-refractivity contribution in [2.24, 2.45) is 7.05 Å². The molecule has 16 nitrogen and oxygen atoms in total. The molecule has 0 amide bonds. The van der Waals surface area contributed by atoms with E-state index >= 15 is 0 Å². The summed E-state index contributed by atoms with van der Waals surface area (Å²) in [5.74, 6) is -0.217. The summed E-state index contributed by atoms with van der Waals surface area (Å²) in [5.41, 5.74) is 5.04. The maximum absolute atomic E-state index is 12.1. The molecule has 31 heavy (non-hydrogen) atoms. The normalized spacial score (nSPS) is 27.2. The van der Waals surface area contributed by atoms with Crippen LogP contribution in [0.4, 0.5) is 5.95 Å². The zero-order valence-corrected chi connectivity index (χ0v) is 22.3. The molecule has 0 aliphatic carbocycles. The van der Waals surface area contributed by atoms with Crippen LogP contribution in [0.2, 0.25) is 0 Å². The number of nitrogens with one attached hydrogen (secondary N) is 1. The summed E-state index contributed by atoms with van der Waals surface area (Å²) >= 11 is 0. The van der Waals surface area contributed by atoms with Crippen LogP contribution in [-0.4, -0.2) is 54.6 Å². The molecule has 2 unspecified atom stereocenters. The second kappa shape index (κ2) is 10.7. The number of anilines is 1. The van der Waals surface area contributed by atoms with Gasteiger partial charge >= 0.3 is 64.8 Å². The maximum Gasteiger partial charge on any atom is 1.00 e. The van der Waals surface area contributed by atoms with Crippen LogP contribution >= 0.6 is 15.6 Å². The molecule has 2 aromatic rings. The van der Waals surface area contributed by atoms with Gasteiger partial charge in [-0.2, -0.15) is 0 Å². The number of phosphoric ester groups is 1. The Bertz CT molecular complexity index is 1090. The fraction of sp³-hybridized carbons (Fsp3) is 0.545. The van der Waals surface area contributed by atoms with Gasteiger partial charge in [0.25, 0.3) is 27.2 Å². The van der Waals surface area contributed by atoms with Crippen LogP contribution in [0.1, 0.15) is 6.23 Å². The molecule has 1 aliphatic rings. The first-order chi connectivity index (χ1) is 13.3. The predicted molar refractivity (Wildman–Crippen MR) is 86.3 cm³/mol. The van der Waals surface area contributed by atoms with Crippen molar-refractivity contribution < 1.29 is 111 Å². The van der Waals surface area contributed by atoms with Crippen molar-refractivity contribution in [1.82, 2.24) is 14.5 Å². The molecule has 0 aromatic carbocycles. The van der Waals surface area contributed by atoms with Gasteiger partial charge in [-0.1, -0.05) is 4.98 Å². The zero-order chi connectivity index (χ0) is 21.7. The van der Waals surface area contributed by atoms with Crippen molar-refractivity contribution in [3.63, 3.8) is 0 Å². The van der Waals surface area contributed by atoms with E-state index in [0.29, 0.717) is 0 Å². The van der Waals surface area contributed by atoms with Crippen LogP contribution in [0.15, 0.2) is 11.1 Å². The Labute approximate surface area is 217 Å². The van der Waals surface area contributed by atoms with E-state index in [1.165, 1.54) is 22.5 Å². The SMILES string of the molecule is Cn1c[n+]([C@@H]2O[C@H](COP(=O)([O-])OP(=O)([O-])O)[C@@H](O)[C@H]2O)c2nc(N)[nH]c(=O)c21.[Na+].[Na+]. The van der Waals surface area contributed by atoms with Gasteiger partial charge in [0.1, 0.15) is 18.3 Å². The molecule has 6 N–H and O–H groups in total. The van der Waals surface area contributed by atoms with E-state index in [-0.39, 0.29) is 76.2 Å². The number of phosphoric acid groups is 2.